The fraction of sp³-hybridized carbons (Fsp3) is 0.615. The summed E-state index contributed by atoms with van der Waals surface area (Å²) in [5.41, 5.74) is 2.78. The third-order valence-corrected chi connectivity index (χ3v) is 8.63. The minimum Gasteiger partial charge on any atom is -0.446 e. The Hall–Kier alpha value is -2.90. The minimum atomic E-state index is -0.626. The summed E-state index contributed by atoms with van der Waals surface area (Å²) in [6.45, 7) is 0.631. The lowest BCUT2D eigenvalue weighted by molar-refractivity contribution is -0.136. The number of hydrogen-bond donors (Lipinski definition) is 2. The fourth-order valence-corrected chi connectivity index (χ4v) is 6.42. The van der Waals surface area contributed by atoms with Crippen molar-refractivity contribution in [3.05, 3.63) is 34.9 Å². The molecule has 0 radical (unpaired) electrons. The van der Waals surface area contributed by atoms with Crippen molar-refractivity contribution in [1.29, 1.82) is 0 Å². The Bertz CT molecular complexity index is 1050. The quantitative estimate of drug-likeness (QED) is 0.629. The van der Waals surface area contributed by atoms with Gasteiger partial charge in [-0.3, -0.25) is 19.7 Å². The zero-order valence-corrected chi connectivity index (χ0v) is 19.3. The first-order chi connectivity index (χ1) is 16.4. The maximum Gasteiger partial charge on any atom is 0.407 e. The number of nitrogens with one attached hydrogen (secondary N) is 2. The first-order valence-electron chi connectivity index (χ1n) is 12.6. The Morgan fingerprint density at radius 3 is 2.62 bits per heavy atom. The van der Waals surface area contributed by atoms with Gasteiger partial charge in [0.15, 0.2) is 0 Å². The summed E-state index contributed by atoms with van der Waals surface area (Å²) >= 11 is 0. The molecule has 3 aliphatic carbocycles. The van der Waals surface area contributed by atoms with Crippen LogP contribution in [0.5, 0.6) is 0 Å². The molecule has 2 unspecified atom stereocenters. The standard InChI is InChI=1S/C26H31N3O5/c30-21-7-6-20(23(31)28-21)29-14-17-3-2-15(10-19(17)24(29)32)13-27-25(33)34-22(16-4-5-16)18-11-26(12-18)8-1-9-26/h2-3,10,16,18,20,22H,1,4-9,11-14H2,(H,27,33)(H,28,30,31). The monoisotopic (exact) mass is 465 g/mol. The van der Waals surface area contributed by atoms with E-state index >= 15 is 0 Å². The van der Waals surface area contributed by atoms with Gasteiger partial charge in [-0.15, -0.1) is 0 Å². The second-order valence-corrected chi connectivity index (χ2v) is 11.0. The van der Waals surface area contributed by atoms with Crippen LogP contribution in [-0.4, -0.2) is 40.9 Å². The Kier molecular flexibility index (Phi) is 5.15. The summed E-state index contributed by atoms with van der Waals surface area (Å²) in [7, 11) is 0. The second kappa shape index (κ2) is 8.10. The van der Waals surface area contributed by atoms with Crippen LogP contribution in [0.1, 0.15) is 79.3 Å². The molecular weight excluding hydrogens is 434 g/mol. The van der Waals surface area contributed by atoms with Crippen molar-refractivity contribution in [3.63, 3.8) is 0 Å². The average Bonchev–Trinajstić information content (AvgIpc) is 3.54. The fourth-order valence-electron chi connectivity index (χ4n) is 6.42. The minimum absolute atomic E-state index is 0.0369. The first-order valence-corrected chi connectivity index (χ1v) is 12.6. The zero-order chi connectivity index (χ0) is 23.4. The number of nitrogens with zero attached hydrogens (tertiary/aromatic N) is 1. The van der Waals surface area contributed by atoms with Crippen LogP contribution in [0, 0.1) is 17.3 Å². The molecule has 2 atom stereocenters. The third-order valence-electron chi connectivity index (χ3n) is 8.63. The maximum absolute atomic E-state index is 13.0. The van der Waals surface area contributed by atoms with Crippen molar-refractivity contribution >= 4 is 23.8 Å². The second-order valence-electron chi connectivity index (χ2n) is 11.0. The largest absolute Gasteiger partial charge is 0.446 e. The molecule has 4 fully saturated rings. The molecule has 1 aromatic rings. The average molecular weight is 466 g/mol. The normalized spacial score (nSPS) is 26.4. The molecule has 4 amide bonds. The van der Waals surface area contributed by atoms with Gasteiger partial charge in [0.1, 0.15) is 12.1 Å². The van der Waals surface area contributed by atoms with Crippen LogP contribution in [0.2, 0.25) is 0 Å². The van der Waals surface area contributed by atoms with Crippen molar-refractivity contribution < 1.29 is 23.9 Å². The number of rotatable bonds is 6. The molecule has 1 aromatic carbocycles. The molecule has 3 saturated carbocycles. The van der Waals surface area contributed by atoms with Gasteiger partial charge >= 0.3 is 6.09 Å². The van der Waals surface area contributed by atoms with Crippen molar-refractivity contribution in [2.45, 2.75) is 83.0 Å². The molecule has 8 nitrogen and oxygen atoms in total. The number of carbonyl (C=O) groups excluding carboxylic acids is 4. The van der Waals surface area contributed by atoms with Gasteiger partial charge in [-0.2, -0.15) is 0 Å². The van der Waals surface area contributed by atoms with E-state index in [-0.39, 0.29) is 37.0 Å². The van der Waals surface area contributed by atoms with E-state index in [0.29, 0.717) is 35.8 Å². The Morgan fingerprint density at radius 2 is 1.94 bits per heavy atom. The summed E-state index contributed by atoms with van der Waals surface area (Å²) in [5, 5.41) is 5.19. The zero-order valence-electron chi connectivity index (χ0n) is 19.3. The molecular formula is C26H31N3O5. The van der Waals surface area contributed by atoms with Crippen LogP contribution in [0.3, 0.4) is 0 Å². The van der Waals surface area contributed by atoms with E-state index in [9.17, 15) is 19.2 Å². The summed E-state index contributed by atoms with van der Waals surface area (Å²) in [5.74, 6) is 0.104. The summed E-state index contributed by atoms with van der Waals surface area (Å²) < 4.78 is 5.90. The van der Waals surface area contributed by atoms with Crippen LogP contribution in [-0.2, 0) is 27.4 Å². The van der Waals surface area contributed by atoms with Gasteiger partial charge in [0, 0.05) is 25.1 Å². The highest BCUT2D eigenvalue weighted by Crippen LogP contribution is 2.61. The molecule has 1 spiro atoms. The number of fused-ring (bicyclic) bond motifs is 1. The number of ether oxygens (including phenoxy) is 1. The topological polar surface area (TPSA) is 105 Å². The van der Waals surface area contributed by atoms with Gasteiger partial charge in [0.25, 0.3) is 5.91 Å². The lowest BCUT2D eigenvalue weighted by atomic mass is 9.50. The van der Waals surface area contributed by atoms with Gasteiger partial charge < -0.3 is 15.0 Å². The van der Waals surface area contributed by atoms with Gasteiger partial charge in [-0.1, -0.05) is 18.6 Å². The number of piperidine rings is 1. The van der Waals surface area contributed by atoms with Gasteiger partial charge in [0.05, 0.1) is 0 Å². The number of amides is 4. The lowest BCUT2D eigenvalue weighted by Crippen LogP contribution is -2.52. The molecule has 180 valence electrons. The Labute approximate surface area is 198 Å². The van der Waals surface area contributed by atoms with Crippen LogP contribution in [0.25, 0.3) is 0 Å². The predicted octanol–water partition coefficient (Wildman–Crippen LogP) is 3.03. The van der Waals surface area contributed by atoms with E-state index < -0.39 is 11.9 Å². The van der Waals surface area contributed by atoms with Crippen LogP contribution in [0.4, 0.5) is 4.79 Å². The highest BCUT2D eigenvalue weighted by molar-refractivity contribution is 6.05. The molecule has 6 rings (SSSR count). The molecule has 34 heavy (non-hydrogen) atoms. The summed E-state index contributed by atoms with van der Waals surface area (Å²) in [4.78, 5) is 50.8. The molecule has 1 saturated heterocycles. The Morgan fingerprint density at radius 1 is 1.15 bits per heavy atom. The maximum atomic E-state index is 13.0. The smallest absolute Gasteiger partial charge is 0.407 e. The molecule has 8 heteroatoms. The van der Waals surface area contributed by atoms with Crippen molar-refractivity contribution in [3.8, 4) is 0 Å². The number of benzene rings is 1. The molecule has 0 aromatic heterocycles. The van der Waals surface area contributed by atoms with Crippen LogP contribution >= 0.6 is 0 Å². The molecule has 2 heterocycles. The highest BCUT2D eigenvalue weighted by atomic mass is 16.6. The highest BCUT2D eigenvalue weighted by Gasteiger charge is 2.54. The van der Waals surface area contributed by atoms with E-state index in [2.05, 4.69) is 10.6 Å². The van der Waals surface area contributed by atoms with E-state index in [0.717, 1.165) is 24.0 Å². The number of carbonyl (C=O) groups is 4. The SMILES string of the molecule is O=C1CCC(N2Cc3ccc(CNC(=O)OC(C4CC4)C4CC5(CCC5)C4)cc3C2=O)C(=O)N1. The van der Waals surface area contributed by atoms with E-state index in [1.807, 2.05) is 12.1 Å². The molecule has 0 bridgehead atoms. The number of imide groups is 1. The van der Waals surface area contributed by atoms with E-state index in [4.69, 9.17) is 4.74 Å². The Balaban J connectivity index is 1.04. The van der Waals surface area contributed by atoms with Gasteiger partial charge in [0.2, 0.25) is 11.8 Å². The molecule has 2 N–H and O–H groups in total. The first kappa shape index (κ1) is 21.6. The van der Waals surface area contributed by atoms with Gasteiger partial charge in [-0.05, 0) is 79.4 Å². The lowest BCUT2D eigenvalue weighted by Gasteiger charge is -2.56. The van der Waals surface area contributed by atoms with E-state index in [1.165, 1.54) is 37.0 Å². The van der Waals surface area contributed by atoms with Crippen LogP contribution < -0.4 is 10.6 Å². The molecule has 5 aliphatic rings. The van der Waals surface area contributed by atoms with Crippen molar-refractivity contribution in [1.82, 2.24) is 15.5 Å². The summed E-state index contributed by atoms with van der Waals surface area (Å²) in [6.07, 6.45) is 8.96. The number of hydrogen-bond acceptors (Lipinski definition) is 5. The predicted molar refractivity (Wildman–Crippen MR) is 121 cm³/mol. The molecule has 2 aliphatic heterocycles. The van der Waals surface area contributed by atoms with E-state index in [1.54, 1.807) is 6.07 Å². The van der Waals surface area contributed by atoms with Crippen molar-refractivity contribution in [2.75, 3.05) is 0 Å². The summed E-state index contributed by atoms with van der Waals surface area (Å²) in [6, 6.07) is 4.93. The number of alkyl carbamates (subject to hydrolysis) is 1. The van der Waals surface area contributed by atoms with Crippen molar-refractivity contribution in [2.24, 2.45) is 17.3 Å². The van der Waals surface area contributed by atoms with Crippen LogP contribution in [0.15, 0.2) is 18.2 Å². The third kappa shape index (κ3) is 3.87. The van der Waals surface area contributed by atoms with Gasteiger partial charge in [-0.25, -0.2) is 4.79 Å².